The summed E-state index contributed by atoms with van der Waals surface area (Å²) in [5.41, 5.74) is 1.56. The molecule has 0 aliphatic heterocycles. The number of ether oxygens (including phenoxy) is 1. The van der Waals surface area contributed by atoms with Gasteiger partial charge in [0.25, 0.3) is 0 Å². The number of carbonyl (C=O) groups is 2. The van der Waals surface area contributed by atoms with E-state index in [1.165, 1.54) is 0 Å². The van der Waals surface area contributed by atoms with Crippen molar-refractivity contribution in [2.75, 3.05) is 29.1 Å². The van der Waals surface area contributed by atoms with Gasteiger partial charge in [0, 0.05) is 16.8 Å². The van der Waals surface area contributed by atoms with E-state index in [2.05, 4.69) is 22.9 Å². The van der Waals surface area contributed by atoms with Crippen LogP contribution in [0.3, 0.4) is 0 Å². The minimum atomic E-state index is -0.490. The van der Waals surface area contributed by atoms with Crippen LogP contribution in [0.15, 0.2) is 48.5 Å². The number of nitrogens with one attached hydrogen (secondary N) is 3. The van der Waals surface area contributed by atoms with Crippen molar-refractivity contribution in [3.8, 4) is 5.75 Å². The van der Waals surface area contributed by atoms with E-state index in [4.69, 9.17) is 4.74 Å². The topological polar surface area (TPSA) is 79.5 Å². The first kappa shape index (κ1) is 22.3. The van der Waals surface area contributed by atoms with Crippen LogP contribution in [-0.4, -0.2) is 25.0 Å². The van der Waals surface area contributed by atoms with Gasteiger partial charge in [-0.1, -0.05) is 52.3 Å². The Kier molecular flexibility index (Phi) is 8.07. The lowest BCUT2D eigenvalue weighted by atomic mass is 9.95. The summed E-state index contributed by atoms with van der Waals surface area (Å²) in [6, 6.07) is 14.7. The molecule has 0 saturated heterocycles. The fraction of sp³-hybridized carbons (Fsp3) is 0.391. The van der Waals surface area contributed by atoms with E-state index >= 15 is 0 Å². The van der Waals surface area contributed by atoms with Gasteiger partial charge in [0.1, 0.15) is 5.75 Å². The first-order valence-corrected chi connectivity index (χ1v) is 9.96. The molecule has 0 unspecified atom stereocenters. The van der Waals surface area contributed by atoms with E-state index in [9.17, 15) is 9.59 Å². The van der Waals surface area contributed by atoms with E-state index < -0.39 is 5.41 Å². The van der Waals surface area contributed by atoms with Crippen LogP contribution in [0.1, 0.15) is 40.5 Å². The molecule has 29 heavy (non-hydrogen) atoms. The van der Waals surface area contributed by atoms with Crippen LogP contribution in [0, 0.1) is 5.41 Å². The first-order chi connectivity index (χ1) is 13.8. The highest BCUT2D eigenvalue weighted by Gasteiger charge is 2.21. The third-order valence-electron chi connectivity index (χ3n) is 4.17. The number of amides is 2. The largest absolute Gasteiger partial charge is 0.491 e. The number of anilines is 3. The molecule has 0 aliphatic carbocycles. The van der Waals surface area contributed by atoms with Gasteiger partial charge >= 0.3 is 0 Å². The van der Waals surface area contributed by atoms with Gasteiger partial charge in [-0.25, -0.2) is 0 Å². The molecule has 6 heteroatoms. The van der Waals surface area contributed by atoms with E-state index in [-0.39, 0.29) is 18.4 Å². The third kappa shape index (κ3) is 7.49. The molecule has 0 saturated carbocycles. The smallest absolute Gasteiger partial charge is 0.243 e. The number of rotatable bonds is 9. The minimum absolute atomic E-state index is 0.0812. The average molecular weight is 398 g/mol. The summed E-state index contributed by atoms with van der Waals surface area (Å²) in [4.78, 5) is 24.5. The lowest BCUT2D eigenvalue weighted by Crippen LogP contribution is -2.27. The number of benzene rings is 2. The molecule has 0 heterocycles. The Hall–Kier alpha value is -3.02. The predicted octanol–water partition coefficient (Wildman–Crippen LogP) is 4.90. The lowest BCUT2D eigenvalue weighted by Gasteiger charge is -2.18. The Morgan fingerprint density at radius 1 is 0.966 bits per heavy atom. The maximum atomic E-state index is 12.3. The van der Waals surface area contributed by atoms with E-state index in [0.717, 1.165) is 24.3 Å². The number of hydrogen-bond acceptors (Lipinski definition) is 4. The van der Waals surface area contributed by atoms with Crippen LogP contribution in [0.25, 0.3) is 0 Å². The zero-order chi connectivity index (χ0) is 21.3. The zero-order valence-corrected chi connectivity index (χ0v) is 17.7. The van der Waals surface area contributed by atoms with Crippen LogP contribution < -0.4 is 20.7 Å². The molecule has 2 aromatic rings. The Morgan fingerprint density at radius 3 is 2.34 bits per heavy atom. The third-order valence-corrected chi connectivity index (χ3v) is 4.17. The van der Waals surface area contributed by atoms with E-state index in [1.54, 1.807) is 24.3 Å². The summed E-state index contributed by atoms with van der Waals surface area (Å²) >= 11 is 0. The maximum Gasteiger partial charge on any atom is 0.243 e. The Balaban J connectivity index is 1.92. The van der Waals surface area contributed by atoms with E-state index in [1.807, 2.05) is 45.0 Å². The fourth-order valence-corrected chi connectivity index (χ4v) is 2.44. The Labute approximate surface area is 173 Å². The van der Waals surface area contributed by atoms with Gasteiger partial charge in [0.05, 0.1) is 18.8 Å². The second-order valence-corrected chi connectivity index (χ2v) is 7.88. The second kappa shape index (κ2) is 10.5. The van der Waals surface area contributed by atoms with Gasteiger partial charge < -0.3 is 20.7 Å². The normalized spacial score (nSPS) is 10.9. The number of para-hydroxylation sites is 2. The van der Waals surface area contributed by atoms with Crippen molar-refractivity contribution in [3.05, 3.63) is 48.5 Å². The van der Waals surface area contributed by atoms with Crippen molar-refractivity contribution in [1.29, 1.82) is 0 Å². The summed E-state index contributed by atoms with van der Waals surface area (Å²) in [7, 11) is 0. The van der Waals surface area contributed by atoms with Crippen LogP contribution in [0.5, 0.6) is 5.75 Å². The van der Waals surface area contributed by atoms with Gasteiger partial charge in [-0.3, -0.25) is 9.59 Å². The van der Waals surface area contributed by atoms with Crippen molar-refractivity contribution in [1.82, 2.24) is 0 Å². The second-order valence-electron chi connectivity index (χ2n) is 7.88. The van der Waals surface area contributed by atoms with Gasteiger partial charge in [-0.05, 0) is 36.8 Å². The van der Waals surface area contributed by atoms with Crippen molar-refractivity contribution in [2.24, 2.45) is 5.41 Å². The maximum absolute atomic E-state index is 12.3. The molecule has 3 N–H and O–H groups in total. The van der Waals surface area contributed by atoms with Crippen LogP contribution in [0.4, 0.5) is 17.1 Å². The van der Waals surface area contributed by atoms with Crippen molar-refractivity contribution >= 4 is 28.9 Å². The highest BCUT2D eigenvalue weighted by atomic mass is 16.5. The Morgan fingerprint density at radius 2 is 1.66 bits per heavy atom. The summed E-state index contributed by atoms with van der Waals surface area (Å²) in [5, 5.41) is 8.83. The van der Waals surface area contributed by atoms with Crippen LogP contribution >= 0.6 is 0 Å². The van der Waals surface area contributed by atoms with E-state index in [0.29, 0.717) is 18.0 Å². The monoisotopic (exact) mass is 397 g/mol. The Bertz CT molecular complexity index is 828. The predicted molar refractivity (Wildman–Crippen MR) is 118 cm³/mol. The van der Waals surface area contributed by atoms with Crippen molar-refractivity contribution in [3.63, 3.8) is 0 Å². The fourth-order valence-electron chi connectivity index (χ4n) is 2.44. The van der Waals surface area contributed by atoms with Crippen LogP contribution in [-0.2, 0) is 9.59 Å². The molecule has 0 aliphatic rings. The molecule has 0 spiro atoms. The molecule has 2 aromatic carbocycles. The van der Waals surface area contributed by atoms with Gasteiger partial charge in [0.2, 0.25) is 11.8 Å². The molecule has 0 bridgehead atoms. The molecule has 6 nitrogen and oxygen atoms in total. The average Bonchev–Trinajstić information content (AvgIpc) is 2.67. The molecular weight excluding hydrogens is 366 g/mol. The van der Waals surface area contributed by atoms with Crippen LogP contribution in [0.2, 0.25) is 0 Å². The number of unbranched alkanes of at least 4 members (excludes halogenated alkanes) is 1. The zero-order valence-electron chi connectivity index (χ0n) is 17.7. The van der Waals surface area contributed by atoms with Crippen molar-refractivity contribution in [2.45, 2.75) is 40.5 Å². The quantitative estimate of drug-likeness (QED) is 0.526. The summed E-state index contributed by atoms with van der Waals surface area (Å²) in [6.45, 7) is 8.42. The standard InChI is InChI=1S/C23H31N3O3/c1-5-6-14-29-20-13-8-7-12-19(20)24-16-21(27)25-17-10-9-11-18(15-17)26-22(28)23(2,3)4/h7-13,15,24H,5-6,14,16H2,1-4H3,(H,25,27)(H,26,28). The molecule has 2 rings (SSSR count). The van der Waals surface area contributed by atoms with Gasteiger partial charge in [0.15, 0.2) is 0 Å². The molecule has 0 radical (unpaired) electrons. The molecule has 0 aromatic heterocycles. The molecule has 0 atom stereocenters. The molecule has 0 fully saturated rings. The minimum Gasteiger partial charge on any atom is -0.491 e. The number of carbonyl (C=O) groups excluding carboxylic acids is 2. The lowest BCUT2D eigenvalue weighted by molar-refractivity contribution is -0.123. The van der Waals surface area contributed by atoms with Gasteiger partial charge in [-0.15, -0.1) is 0 Å². The first-order valence-electron chi connectivity index (χ1n) is 9.96. The SMILES string of the molecule is CCCCOc1ccccc1NCC(=O)Nc1cccc(NC(=O)C(C)(C)C)c1. The van der Waals surface area contributed by atoms with Gasteiger partial charge in [-0.2, -0.15) is 0 Å². The molecule has 2 amide bonds. The van der Waals surface area contributed by atoms with Crippen molar-refractivity contribution < 1.29 is 14.3 Å². The molecule has 156 valence electrons. The highest BCUT2D eigenvalue weighted by molar-refractivity contribution is 5.97. The number of hydrogen-bond donors (Lipinski definition) is 3. The highest BCUT2D eigenvalue weighted by Crippen LogP contribution is 2.24. The summed E-state index contributed by atoms with van der Waals surface area (Å²) in [5.74, 6) is 0.468. The molecular formula is C23H31N3O3. The summed E-state index contributed by atoms with van der Waals surface area (Å²) < 4.78 is 5.77. The summed E-state index contributed by atoms with van der Waals surface area (Å²) in [6.07, 6.45) is 2.05.